The van der Waals surface area contributed by atoms with Gasteiger partial charge in [0.05, 0.1) is 0 Å². The van der Waals surface area contributed by atoms with Crippen molar-refractivity contribution in [2.75, 3.05) is 13.2 Å². The summed E-state index contributed by atoms with van der Waals surface area (Å²) in [4.78, 5) is 38.0. The van der Waals surface area contributed by atoms with Crippen molar-refractivity contribution in [1.29, 1.82) is 0 Å². The topological polar surface area (TPSA) is 78.9 Å². The third-order valence-electron chi connectivity index (χ3n) is 12.1. The molecule has 0 radical (unpaired) electrons. The fourth-order valence-corrected chi connectivity index (χ4v) is 7.85. The van der Waals surface area contributed by atoms with Crippen LogP contribution in [0.15, 0.2) is 60.8 Å². The number of unbranched alkanes of at least 4 members (excludes halogenated alkanes) is 32. The molecule has 6 heteroatoms. The highest BCUT2D eigenvalue weighted by Crippen LogP contribution is 2.16. The lowest BCUT2D eigenvalue weighted by atomic mass is 10.0. The first-order valence-corrected chi connectivity index (χ1v) is 27.8. The third kappa shape index (κ3) is 51.9. The predicted octanol–water partition coefficient (Wildman–Crippen LogP) is 18.4. The number of hydrogen-bond donors (Lipinski definition) is 0. The molecule has 1 unspecified atom stereocenters. The molecule has 0 aromatic carbocycles. The van der Waals surface area contributed by atoms with Crippen LogP contribution in [0.2, 0.25) is 0 Å². The molecule has 376 valence electrons. The van der Waals surface area contributed by atoms with E-state index in [2.05, 4.69) is 81.5 Å². The van der Waals surface area contributed by atoms with E-state index in [1.54, 1.807) is 0 Å². The van der Waals surface area contributed by atoms with Crippen LogP contribution in [0.3, 0.4) is 0 Å². The molecule has 0 amide bonds. The van der Waals surface area contributed by atoms with Gasteiger partial charge in [0.25, 0.3) is 0 Å². The summed E-state index contributed by atoms with van der Waals surface area (Å²) in [6.45, 7) is 6.55. The van der Waals surface area contributed by atoms with Gasteiger partial charge in [0, 0.05) is 19.3 Å². The minimum atomic E-state index is -0.789. The molecule has 6 nitrogen and oxygen atoms in total. The van der Waals surface area contributed by atoms with E-state index in [4.69, 9.17) is 14.2 Å². The first kappa shape index (κ1) is 62.1. The highest BCUT2D eigenvalue weighted by atomic mass is 16.6. The van der Waals surface area contributed by atoms with Crippen molar-refractivity contribution in [1.82, 2.24) is 0 Å². The minimum absolute atomic E-state index is 0.0854. The molecule has 0 saturated heterocycles. The highest BCUT2D eigenvalue weighted by Gasteiger charge is 2.19. The van der Waals surface area contributed by atoms with Crippen LogP contribution in [0.1, 0.15) is 278 Å². The summed E-state index contributed by atoms with van der Waals surface area (Å²) in [5.74, 6) is -0.914. The zero-order valence-corrected chi connectivity index (χ0v) is 43.0. The van der Waals surface area contributed by atoms with Gasteiger partial charge in [-0.2, -0.15) is 0 Å². The third-order valence-corrected chi connectivity index (χ3v) is 12.1. The smallest absolute Gasteiger partial charge is 0.306 e. The molecule has 0 aromatic heterocycles. The molecule has 0 fully saturated rings. The molecule has 0 aliphatic rings. The quantitative estimate of drug-likeness (QED) is 0.0199. The van der Waals surface area contributed by atoms with E-state index in [9.17, 15) is 14.4 Å². The average molecular weight is 909 g/mol. The van der Waals surface area contributed by atoms with Crippen molar-refractivity contribution >= 4 is 17.9 Å². The van der Waals surface area contributed by atoms with Gasteiger partial charge in [-0.25, -0.2) is 0 Å². The lowest BCUT2D eigenvalue weighted by molar-refractivity contribution is -0.167. The van der Waals surface area contributed by atoms with E-state index in [1.807, 2.05) is 0 Å². The summed E-state index contributed by atoms with van der Waals surface area (Å²) >= 11 is 0. The summed E-state index contributed by atoms with van der Waals surface area (Å²) < 4.78 is 16.8. The van der Waals surface area contributed by atoms with Crippen molar-refractivity contribution < 1.29 is 28.6 Å². The molecule has 0 bridgehead atoms. The lowest BCUT2D eigenvalue weighted by Gasteiger charge is -2.18. The largest absolute Gasteiger partial charge is 0.462 e. The van der Waals surface area contributed by atoms with Crippen LogP contribution in [0.25, 0.3) is 0 Å². The monoisotopic (exact) mass is 909 g/mol. The zero-order valence-electron chi connectivity index (χ0n) is 43.0. The number of carbonyl (C=O) groups excluding carboxylic acids is 3. The Labute approximate surface area is 402 Å². The SMILES string of the molecule is CCCC/C=C\CCCCCCC(=O)OCC(COC(=O)CCCCCCCCCCCCCCCCCCCCC)OC(=O)CCCCCCC\C=C/C=C\C=C/C=C\CCCCC. The Balaban J connectivity index is 4.35. The second-order valence-electron chi connectivity index (χ2n) is 18.6. The van der Waals surface area contributed by atoms with Crippen LogP contribution >= 0.6 is 0 Å². The Hall–Kier alpha value is -2.89. The predicted molar refractivity (Wildman–Crippen MR) is 279 cm³/mol. The number of rotatable bonds is 50. The Morgan fingerprint density at radius 3 is 0.985 bits per heavy atom. The number of esters is 3. The molecule has 0 heterocycles. The molecule has 0 aliphatic heterocycles. The van der Waals surface area contributed by atoms with Crippen molar-refractivity contribution in [3.8, 4) is 0 Å². The van der Waals surface area contributed by atoms with Crippen molar-refractivity contribution in [3.63, 3.8) is 0 Å². The maximum Gasteiger partial charge on any atom is 0.306 e. The van der Waals surface area contributed by atoms with Gasteiger partial charge in [0.15, 0.2) is 6.10 Å². The number of hydrogen-bond acceptors (Lipinski definition) is 6. The molecule has 0 aromatic rings. The summed E-state index contributed by atoms with van der Waals surface area (Å²) in [6, 6.07) is 0. The van der Waals surface area contributed by atoms with Gasteiger partial charge in [-0.05, 0) is 64.2 Å². The second-order valence-corrected chi connectivity index (χ2v) is 18.6. The van der Waals surface area contributed by atoms with Crippen molar-refractivity contribution in [2.45, 2.75) is 284 Å². The van der Waals surface area contributed by atoms with Gasteiger partial charge in [-0.3, -0.25) is 14.4 Å². The molecule has 0 saturated carbocycles. The van der Waals surface area contributed by atoms with Crippen LogP contribution in [0.5, 0.6) is 0 Å². The average Bonchev–Trinajstić information content (AvgIpc) is 3.30. The number of allylic oxidation sites excluding steroid dienone is 10. The van der Waals surface area contributed by atoms with Crippen LogP contribution < -0.4 is 0 Å². The fraction of sp³-hybridized carbons (Fsp3) is 0.780. The Morgan fingerprint density at radius 2 is 0.585 bits per heavy atom. The number of carbonyl (C=O) groups is 3. The maximum absolute atomic E-state index is 12.8. The van der Waals surface area contributed by atoms with Crippen LogP contribution in [-0.4, -0.2) is 37.2 Å². The normalized spacial score (nSPS) is 12.5. The van der Waals surface area contributed by atoms with Gasteiger partial charge in [0.1, 0.15) is 13.2 Å². The van der Waals surface area contributed by atoms with Gasteiger partial charge in [-0.15, -0.1) is 0 Å². The van der Waals surface area contributed by atoms with E-state index >= 15 is 0 Å². The molecule has 65 heavy (non-hydrogen) atoms. The molecule has 0 N–H and O–H groups in total. The van der Waals surface area contributed by atoms with E-state index in [0.717, 1.165) is 103 Å². The van der Waals surface area contributed by atoms with Gasteiger partial charge in [-0.1, -0.05) is 255 Å². The van der Waals surface area contributed by atoms with Gasteiger partial charge in [0.2, 0.25) is 0 Å². The molecular weight excluding hydrogens is 805 g/mol. The molecule has 1 atom stereocenters. The molecule has 0 spiro atoms. The zero-order chi connectivity index (χ0) is 47.2. The first-order chi connectivity index (χ1) is 32.0. The lowest BCUT2D eigenvalue weighted by Crippen LogP contribution is -2.30. The highest BCUT2D eigenvalue weighted by molar-refractivity contribution is 5.71. The van der Waals surface area contributed by atoms with Crippen LogP contribution in [0.4, 0.5) is 0 Å². The standard InChI is InChI=1S/C59H104O6/c1-4-7-10-13-16-19-22-24-26-28-30-32-33-35-37-40-43-46-49-52-58(61)64-55-56(54-63-57(60)51-48-45-42-39-21-18-15-12-9-6-3)65-59(62)53-50-47-44-41-38-36-34-31-29-27-25-23-20-17-14-11-8-5-2/h15,17-18,20,23,25,27,29,31,34,56H,4-14,16,19,21-22,24,26,28,30,32-33,35-55H2,1-3H3/b18-15-,20-17-,25-23-,29-27-,34-31-. The molecular formula is C59H104O6. The van der Waals surface area contributed by atoms with Crippen molar-refractivity contribution in [3.05, 3.63) is 60.8 Å². The minimum Gasteiger partial charge on any atom is -0.462 e. The van der Waals surface area contributed by atoms with E-state index in [-0.39, 0.29) is 31.1 Å². The summed E-state index contributed by atoms with van der Waals surface area (Å²) in [5.41, 5.74) is 0. The molecule has 0 aliphatic carbocycles. The Morgan fingerprint density at radius 1 is 0.308 bits per heavy atom. The van der Waals surface area contributed by atoms with Crippen molar-refractivity contribution in [2.24, 2.45) is 0 Å². The van der Waals surface area contributed by atoms with E-state index in [1.165, 1.54) is 135 Å². The fourth-order valence-electron chi connectivity index (χ4n) is 7.85. The Kier molecular flexibility index (Phi) is 51.3. The summed E-state index contributed by atoms with van der Waals surface area (Å²) in [5, 5.41) is 0. The van der Waals surface area contributed by atoms with Gasteiger partial charge >= 0.3 is 17.9 Å². The van der Waals surface area contributed by atoms with Crippen LogP contribution in [0, 0.1) is 0 Å². The summed E-state index contributed by atoms with van der Waals surface area (Å²) in [6.07, 6.45) is 66.4. The Bertz CT molecular complexity index is 1180. The summed E-state index contributed by atoms with van der Waals surface area (Å²) in [7, 11) is 0. The number of ether oxygens (including phenoxy) is 3. The van der Waals surface area contributed by atoms with E-state index in [0.29, 0.717) is 19.3 Å². The first-order valence-electron chi connectivity index (χ1n) is 27.8. The molecule has 0 rings (SSSR count). The van der Waals surface area contributed by atoms with Gasteiger partial charge < -0.3 is 14.2 Å². The van der Waals surface area contributed by atoms with E-state index < -0.39 is 6.10 Å². The second kappa shape index (κ2) is 53.7. The van der Waals surface area contributed by atoms with Crippen LogP contribution in [-0.2, 0) is 28.6 Å². The maximum atomic E-state index is 12.8.